The predicted octanol–water partition coefficient (Wildman–Crippen LogP) is 11.7. The van der Waals surface area contributed by atoms with Gasteiger partial charge < -0.3 is 27.9 Å². The van der Waals surface area contributed by atoms with Gasteiger partial charge in [0.05, 0.1) is 27.7 Å². The zero-order valence-corrected chi connectivity index (χ0v) is 36.6. The van der Waals surface area contributed by atoms with Crippen LogP contribution in [0, 0.1) is 0 Å². The zero-order valence-electron chi connectivity index (χ0n) is 35.7. The molecule has 54 heavy (non-hydrogen) atoms. The molecule has 1 unspecified atom stereocenters. The summed E-state index contributed by atoms with van der Waals surface area (Å²) in [6, 6.07) is 0. The van der Waals surface area contributed by atoms with Crippen LogP contribution in [-0.2, 0) is 32.7 Å². The van der Waals surface area contributed by atoms with Crippen molar-refractivity contribution in [3.8, 4) is 0 Å². The van der Waals surface area contributed by atoms with Crippen LogP contribution in [0.25, 0.3) is 0 Å². The predicted molar refractivity (Wildman–Crippen MR) is 222 cm³/mol. The molecule has 0 N–H and O–H groups in total. The molecule has 0 aromatic carbocycles. The van der Waals surface area contributed by atoms with Gasteiger partial charge in [-0.2, -0.15) is 0 Å². The van der Waals surface area contributed by atoms with Crippen molar-refractivity contribution in [2.75, 3.05) is 47.5 Å². The number of rotatable bonds is 40. The highest BCUT2D eigenvalue weighted by Crippen LogP contribution is 2.38. The van der Waals surface area contributed by atoms with Gasteiger partial charge in [0.2, 0.25) is 0 Å². The van der Waals surface area contributed by atoms with Crippen molar-refractivity contribution in [3.63, 3.8) is 0 Å². The van der Waals surface area contributed by atoms with Gasteiger partial charge in [-0.05, 0) is 64.2 Å². The molecule has 0 radical (unpaired) electrons. The Morgan fingerprint density at radius 1 is 0.556 bits per heavy atom. The molecule has 0 aliphatic rings. The SMILES string of the molecule is CCCCCC/C=C/CCCCCCCC(=O)OC[C@H](COP(=O)([O-])OCC[N+](C)(C)C)OC(=O)CCCCCCCCC/C=C/CCCCCCCC. The second-order valence-electron chi connectivity index (χ2n) is 16.1. The summed E-state index contributed by atoms with van der Waals surface area (Å²) in [7, 11) is 1.16. The van der Waals surface area contributed by atoms with Crippen LogP contribution < -0.4 is 4.89 Å². The summed E-state index contributed by atoms with van der Waals surface area (Å²) in [4.78, 5) is 37.5. The number of likely N-dealkylation sites (N-methyl/N-ethyl adjacent to an activating group) is 1. The van der Waals surface area contributed by atoms with Crippen molar-refractivity contribution in [1.29, 1.82) is 0 Å². The number of nitrogens with zero attached hydrogens (tertiary/aromatic N) is 1. The minimum Gasteiger partial charge on any atom is -0.756 e. The molecule has 0 saturated heterocycles. The van der Waals surface area contributed by atoms with Crippen molar-refractivity contribution in [2.24, 2.45) is 0 Å². The molecule has 0 aromatic heterocycles. The van der Waals surface area contributed by atoms with E-state index in [2.05, 4.69) is 38.2 Å². The molecule has 10 heteroatoms. The van der Waals surface area contributed by atoms with Crippen molar-refractivity contribution in [2.45, 2.75) is 200 Å². The summed E-state index contributed by atoms with van der Waals surface area (Å²) in [6.45, 7) is 4.20. The Morgan fingerprint density at radius 2 is 0.944 bits per heavy atom. The van der Waals surface area contributed by atoms with Gasteiger partial charge in [-0.25, -0.2) is 0 Å². The minimum atomic E-state index is -4.62. The van der Waals surface area contributed by atoms with Gasteiger partial charge in [0.1, 0.15) is 19.8 Å². The Labute approximate surface area is 332 Å². The van der Waals surface area contributed by atoms with E-state index in [1.165, 1.54) is 96.3 Å². The fourth-order valence-corrected chi connectivity index (χ4v) is 6.67. The number of carbonyl (C=O) groups is 2. The highest BCUT2D eigenvalue weighted by atomic mass is 31.2. The third-order valence-corrected chi connectivity index (χ3v) is 10.4. The minimum absolute atomic E-state index is 0.0318. The average molecular weight is 786 g/mol. The first-order chi connectivity index (χ1) is 26.0. The second-order valence-corrected chi connectivity index (χ2v) is 17.5. The molecule has 0 fully saturated rings. The number of hydrogen-bond acceptors (Lipinski definition) is 8. The standard InChI is InChI=1S/C44H84NO8P/c1-6-8-10-12-14-16-18-20-21-22-23-25-27-29-31-33-35-37-44(47)53-42(41-52-54(48,49)51-39-38-45(3,4)5)40-50-43(46)36-34-32-30-28-26-24-19-17-15-13-11-9-7-2/h17,19-21,42H,6-16,18,22-41H2,1-5H3/b19-17+,21-20+/t42-/m1/s1. The third kappa shape index (κ3) is 40.2. The fourth-order valence-electron chi connectivity index (χ4n) is 5.94. The van der Waals surface area contributed by atoms with Crippen LogP contribution in [0.15, 0.2) is 24.3 Å². The summed E-state index contributed by atoms with van der Waals surface area (Å²) >= 11 is 0. The van der Waals surface area contributed by atoms with Gasteiger partial charge in [0, 0.05) is 12.8 Å². The summed E-state index contributed by atoms with van der Waals surface area (Å²) in [5.74, 6) is -0.846. The molecule has 0 rings (SSSR count). The Hall–Kier alpha value is -1.51. The molecule has 0 spiro atoms. The molecule has 0 saturated carbocycles. The van der Waals surface area contributed by atoms with E-state index in [0.29, 0.717) is 17.4 Å². The molecular weight excluding hydrogens is 701 g/mol. The van der Waals surface area contributed by atoms with Crippen molar-refractivity contribution in [3.05, 3.63) is 24.3 Å². The quantitative estimate of drug-likeness (QED) is 0.0198. The summed E-state index contributed by atoms with van der Waals surface area (Å²) in [5, 5.41) is 0. The van der Waals surface area contributed by atoms with E-state index < -0.39 is 32.5 Å². The van der Waals surface area contributed by atoms with Gasteiger partial charge >= 0.3 is 11.9 Å². The van der Waals surface area contributed by atoms with Crippen LogP contribution in [0.2, 0.25) is 0 Å². The Kier molecular flexibility index (Phi) is 36.1. The van der Waals surface area contributed by atoms with E-state index in [9.17, 15) is 19.0 Å². The third-order valence-electron chi connectivity index (χ3n) is 9.44. The molecule has 9 nitrogen and oxygen atoms in total. The van der Waals surface area contributed by atoms with E-state index >= 15 is 0 Å². The first-order valence-electron chi connectivity index (χ1n) is 22.0. The molecule has 0 heterocycles. The summed E-state index contributed by atoms with van der Waals surface area (Å²) in [5.41, 5.74) is 0. The van der Waals surface area contributed by atoms with Crippen LogP contribution >= 0.6 is 7.82 Å². The molecule has 318 valence electrons. The number of hydrogen-bond donors (Lipinski definition) is 0. The summed E-state index contributed by atoms with van der Waals surface area (Å²) in [6.07, 6.45) is 39.1. The molecular formula is C44H84NO8P. The van der Waals surface area contributed by atoms with Gasteiger partial charge in [-0.15, -0.1) is 0 Å². The van der Waals surface area contributed by atoms with E-state index in [4.69, 9.17) is 18.5 Å². The second kappa shape index (κ2) is 37.1. The van der Waals surface area contributed by atoms with Crippen LogP contribution in [0.3, 0.4) is 0 Å². The van der Waals surface area contributed by atoms with Crippen LogP contribution in [0.4, 0.5) is 0 Å². The van der Waals surface area contributed by atoms with Crippen LogP contribution in [-0.4, -0.2) is 70.0 Å². The average Bonchev–Trinajstić information content (AvgIpc) is 3.12. The first-order valence-corrected chi connectivity index (χ1v) is 23.5. The van der Waals surface area contributed by atoms with E-state index in [-0.39, 0.29) is 26.1 Å². The number of ether oxygens (including phenoxy) is 2. The van der Waals surface area contributed by atoms with Gasteiger partial charge in [-0.3, -0.25) is 14.2 Å². The molecule has 0 aliphatic heterocycles. The number of quaternary nitrogens is 1. The lowest BCUT2D eigenvalue weighted by Crippen LogP contribution is -2.37. The van der Waals surface area contributed by atoms with Crippen molar-refractivity contribution in [1.82, 2.24) is 0 Å². The number of allylic oxidation sites excluding steroid dienone is 4. The van der Waals surface area contributed by atoms with Crippen molar-refractivity contribution >= 4 is 19.8 Å². The fraction of sp³-hybridized carbons (Fsp3) is 0.864. The number of unbranched alkanes of at least 4 members (excludes halogenated alkanes) is 22. The van der Waals surface area contributed by atoms with Gasteiger partial charge in [-0.1, -0.05) is 141 Å². The number of phosphoric acid groups is 1. The number of carbonyl (C=O) groups excluding carboxylic acids is 2. The van der Waals surface area contributed by atoms with E-state index in [0.717, 1.165) is 64.2 Å². The van der Waals surface area contributed by atoms with Crippen molar-refractivity contribution < 1.29 is 42.1 Å². The largest absolute Gasteiger partial charge is 0.756 e. The molecule has 2 atom stereocenters. The maximum atomic E-state index is 12.7. The Morgan fingerprint density at radius 3 is 1.39 bits per heavy atom. The normalized spacial score (nSPS) is 13.8. The monoisotopic (exact) mass is 786 g/mol. The highest BCUT2D eigenvalue weighted by molar-refractivity contribution is 7.45. The first kappa shape index (κ1) is 52.5. The Bertz CT molecular complexity index is 980. The van der Waals surface area contributed by atoms with Crippen LogP contribution in [0.1, 0.15) is 194 Å². The van der Waals surface area contributed by atoms with E-state index in [1.807, 2.05) is 21.1 Å². The maximum absolute atomic E-state index is 12.7. The van der Waals surface area contributed by atoms with Gasteiger partial charge in [0.15, 0.2) is 6.10 Å². The molecule has 0 aliphatic carbocycles. The lowest BCUT2D eigenvalue weighted by atomic mass is 10.1. The number of esters is 2. The lowest BCUT2D eigenvalue weighted by molar-refractivity contribution is -0.870. The lowest BCUT2D eigenvalue weighted by Gasteiger charge is -2.28. The zero-order chi connectivity index (χ0) is 40.0. The summed E-state index contributed by atoms with van der Waals surface area (Å²) < 4.78 is 33.9. The Balaban J connectivity index is 4.36. The van der Waals surface area contributed by atoms with E-state index in [1.54, 1.807) is 0 Å². The molecule has 0 amide bonds. The maximum Gasteiger partial charge on any atom is 0.306 e. The highest BCUT2D eigenvalue weighted by Gasteiger charge is 2.21. The molecule has 0 aromatic rings. The molecule has 0 bridgehead atoms. The topological polar surface area (TPSA) is 111 Å². The van der Waals surface area contributed by atoms with Crippen LogP contribution in [0.5, 0.6) is 0 Å². The van der Waals surface area contributed by atoms with Gasteiger partial charge in [0.25, 0.3) is 7.82 Å². The number of phosphoric ester groups is 1. The smallest absolute Gasteiger partial charge is 0.306 e.